The van der Waals surface area contributed by atoms with Crippen LogP contribution in [0.5, 0.6) is 0 Å². The van der Waals surface area contributed by atoms with Gasteiger partial charge in [-0.1, -0.05) is 18.9 Å². The van der Waals surface area contributed by atoms with Crippen LogP contribution < -0.4 is 10.6 Å². The third kappa shape index (κ3) is 2.31. The monoisotopic (exact) mass is 319 g/mol. The van der Waals surface area contributed by atoms with Crippen molar-refractivity contribution in [3.63, 3.8) is 0 Å². The van der Waals surface area contributed by atoms with Gasteiger partial charge in [-0.05, 0) is 43.5 Å². The van der Waals surface area contributed by atoms with Crippen LogP contribution in [0.3, 0.4) is 0 Å². The largest absolute Gasteiger partial charge is 0.361 e. The minimum absolute atomic E-state index is 0. The molecule has 1 aromatic carbocycles. The SMILES string of the molecule is Cl.O=C(Nc1cccc2[nH]ccc12)[C@@]12CCCC[C@H]1CNC2. The Morgan fingerprint density at radius 2 is 2.18 bits per heavy atom. The standard InChI is InChI=1S/C17H21N3O.ClH/c21-16(17-8-2-1-4-12(17)10-18-11-17)20-15-6-3-5-14-13(15)7-9-19-14;/h3,5-7,9,12,18-19H,1-2,4,8,10-11H2,(H,20,21);1H/t12-,17+;/m0./s1. The molecule has 1 saturated carbocycles. The zero-order chi connectivity index (χ0) is 14.3. The number of halogens is 1. The first-order valence-corrected chi connectivity index (χ1v) is 7.88. The summed E-state index contributed by atoms with van der Waals surface area (Å²) >= 11 is 0. The lowest BCUT2D eigenvalue weighted by molar-refractivity contribution is -0.128. The number of carbonyl (C=O) groups excluding carboxylic acids is 1. The van der Waals surface area contributed by atoms with Crippen molar-refractivity contribution in [3.8, 4) is 0 Å². The summed E-state index contributed by atoms with van der Waals surface area (Å²) in [5.74, 6) is 0.697. The number of carbonyl (C=O) groups is 1. The fourth-order valence-electron chi connectivity index (χ4n) is 4.13. The molecular weight excluding hydrogens is 298 g/mol. The summed E-state index contributed by atoms with van der Waals surface area (Å²) < 4.78 is 0. The lowest BCUT2D eigenvalue weighted by Gasteiger charge is -2.37. The summed E-state index contributed by atoms with van der Waals surface area (Å²) in [6.45, 7) is 1.81. The zero-order valence-corrected chi connectivity index (χ0v) is 13.3. The Labute approximate surface area is 136 Å². The van der Waals surface area contributed by atoms with Crippen LogP contribution in [0.1, 0.15) is 25.7 Å². The molecule has 2 fully saturated rings. The van der Waals surface area contributed by atoms with Crippen LogP contribution >= 0.6 is 12.4 Å². The first-order valence-electron chi connectivity index (χ1n) is 7.88. The van der Waals surface area contributed by atoms with Gasteiger partial charge in [-0.2, -0.15) is 0 Å². The number of amides is 1. The Kier molecular flexibility index (Phi) is 4.15. The van der Waals surface area contributed by atoms with E-state index >= 15 is 0 Å². The first kappa shape index (κ1) is 15.4. The van der Waals surface area contributed by atoms with Crippen LogP contribution in [0.4, 0.5) is 5.69 Å². The van der Waals surface area contributed by atoms with Crippen molar-refractivity contribution in [2.75, 3.05) is 18.4 Å². The van der Waals surface area contributed by atoms with E-state index in [9.17, 15) is 4.79 Å². The van der Waals surface area contributed by atoms with Crippen molar-refractivity contribution in [2.45, 2.75) is 25.7 Å². The molecule has 2 aliphatic rings. The Morgan fingerprint density at radius 3 is 3.09 bits per heavy atom. The molecule has 0 unspecified atom stereocenters. The quantitative estimate of drug-likeness (QED) is 0.795. The maximum absolute atomic E-state index is 13.0. The first-order chi connectivity index (χ1) is 10.3. The highest BCUT2D eigenvalue weighted by Crippen LogP contribution is 2.44. The summed E-state index contributed by atoms with van der Waals surface area (Å²) in [5, 5.41) is 7.72. The van der Waals surface area contributed by atoms with E-state index in [1.54, 1.807) is 0 Å². The van der Waals surface area contributed by atoms with Gasteiger partial charge in [-0.25, -0.2) is 0 Å². The van der Waals surface area contributed by atoms with Gasteiger partial charge in [-0.15, -0.1) is 12.4 Å². The molecule has 4 nitrogen and oxygen atoms in total. The summed E-state index contributed by atoms with van der Waals surface area (Å²) in [6.07, 6.45) is 6.53. The van der Waals surface area contributed by atoms with Gasteiger partial charge in [0.15, 0.2) is 0 Å². The highest BCUT2D eigenvalue weighted by molar-refractivity contribution is 6.03. The number of H-pyrrole nitrogens is 1. The predicted molar refractivity (Wildman–Crippen MR) is 91.4 cm³/mol. The van der Waals surface area contributed by atoms with Crippen molar-refractivity contribution in [3.05, 3.63) is 30.5 Å². The van der Waals surface area contributed by atoms with Crippen LogP contribution in [0.2, 0.25) is 0 Å². The van der Waals surface area contributed by atoms with Crippen LogP contribution in [0.25, 0.3) is 10.9 Å². The number of anilines is 1. The maximum Gasteiger partial charge on any atom is 0.232 e. The molecule has 1 aromatic heterocycles. The molecule has 0 spiro atoms. The minimum Gasteiger partial charge on any atom is -0.361 e. The molecule has 2 atom stereocenters. The summed E-state index contributed by atoms with van der Waals surface area (Å²) in [7, 11) is 0. The average molecular weight is 320 g/mol. The van der Waals surface area contributed by atoms with Crippen molar-refractivity contribution in [1.82, 2.24) is 10.3 Å². The normalized spacial score (nSPS) is 27.2. The topological polar surface area (TPSA) is 56.9 Å². The van der Waals surface area contributed by atoms with Gasteiger partial charge < -0.3 is 15.6 Å². The number of nitrogens with one attached hydrogen (secondary N) is 3. The zero-order valence-electron chi connectivity index (χ0n) is 12.5. The van der Waals surface area contributed by atoms with E-state index in [-0.39, 0.29) is 23.7 Å². The van der Waals surface area contributed by atoms with E-state index in [0.717, 1.165) is 36.1 Å². The van der Waals surface area contributed by atoms with E-state index in [2.05, 4.69) is 15.6 Å². The summed E-state index contributed by atoms with van der Waals surface area (Å²) in [4.78, 5) is 16.2. The third-order valence-corrected chi connectivity index (χ3v) is 5.33. The number of hydrogen-bond donors (Lipinski definition) is 3. The fraction of sp³-hybridized carbons (Fsp3) is 0.471. The molecule has 0 radical (unpaired) electrons. The van der Waals surface area contributed by atoms with E-state index in [4.69, 9.17) is 0 Å². The van der Waals surface area contributed by atoms with Crippen LogP contribution in [-0.4, -0.2) is 24.0 Å². The third-order valence-electron chi connectivity index (χ3n) is 5.33. The molecule has 0 bridgehead atoms. The molecule has 1 aliphatic heterocycles. The number of aromatic amines is 1. The van der Waals surface area contributed by atoms with Crippen LogP contribution in [0, 0.1) is 11.3 Å². The number of benzene rings is 1. The van der Waals surface area contributed by atoms with Gasteiger partial charge in [-0.3, -0.25) is 4.79 Å². The van der Waals surface area contributed by atoms with Gasteiger partial charge in [0.1, 0.15) is 0 Å². The van der Waals surface area contributed by atoms with E-state index in [1.807, 2.05) is 30.5 Å². The molecule has 3 N–H and O–H groups in total. The number of fused-ring (bicyclic) bond motifs is 2. The second-order valence-corrected chi connectivity index (χ2v) is 6.43. The average Bonchev–Trinajstić information content (AvgIpc) is 3.14. The predicted octanol–water partition coefficient (Wildman–Crippen LogP) is 3.31. The molecule has 5 heteroatoms. The Bertz CT molecular complexity index is 683. The molecular formula is C17H22ClN3O. The van der Waals surface area contributed by atoms with Gasteiger partial charge in [0.25, 0.3) is 0 Å². The Morgan fingerprint density at radius 1 is 1.27 bits per heavy atom. The lowest BCUT2D eigenvalue weighted by atomic mass is 9.67. The summed E-state index contributed by atoms with van der Waals surface area (Å²) in [6, 6.07) is 8.03. The molecule has 2 aromatic rings. The van der Waals surface area contributed by atoms with E-state index in [1.165, 1.54) is 19.3 Å². The van der Waals surface area contributed by atoms with E-state index in [0.29, 0.717) is 5.92 Å². The lowest BCUT2D eigenvalue weighted by Crippen LogP contribution is -2.44. The highest BCUT2D eigenvalue weighted by atomic mass is 35.5. The molecule has 22 heavy (non-hydrogen) atoms. The smallest absolute Gasteiger partial charge is 0.232 e. The van der Waals surface area contributed by atoms with Crippen LogP contribution in [-0.2, 0) is 4.79 Å². The molecule has 2 heterocycles. The molecule has 118 valence electrons. The van der Waals surface area contributed by atoms with E-state index < -0.39 is 0 Å². The Balaban J connectivity index is 0.00000144. The van der Waals surface area contributed by atoms with Gasteiger partial charge >= 0.3 is 0 Å². The van der Waals surface area contributed by atoms with Gasteiger partial charge in [0.05, 0.1) is 11.1 Å². The molecule has 1 amide bonds. The fourth-order valence-corrected chi connectivity index (χ4v) is 4.13. The van der Waals surface area contributed by atoms with Crippen molar-refractivity contribution in [1.29, 1.82) is 0 Å². The Hall–Kier alpha value is -1.52. The number of aromatic nitrogens is 1. The van der Waals surface area contributed by atoms with Crippen molar-refractivity contribution < 1.29 is 4.79 Å². The molecule has 1 saturated heterocycles. The van der Waals surface area contributed by atoms with Gasteiger partial charge in [0, 0.05) is 23.6 Å². The van der Waals surface area contributed by atoms with Crippen molar-refractivity contribution in [2.24, 2.45) is 11.3 Å². The van der Waals surface area contributed by atoms with Crippen molar-refractivity contribution >= 4 is 34.9 Å². The van der Waals surface area contributed by atoms with Gasteiger partial charge in [0.2, 0.25) is 5.91 Å². The number of rotatable bonds is 2. The second-order valence-electron chi connectivity index (χ2n) is 6.43. The highest BCUT2D eigenvalue weighted by Gasteiger charge is 2.49. The summed E-state index contributed by atoms with van der Waals surface area (Å²) in [5.41, 5.74) is 1.79. The second kappa shape index (κ2) is 5.94. The molecule has 4 rings (SSSR count). The minimum atomic E-state index is -0.198. The maximum atomic E-state index is 13.0. The molecule has 1 aliphatic carbocycles. The number of hydrogen-bond acceptors (Lipinski definition) is 2. The van der Waals surface area contributed by atoms with Crippen LogP contribution in [0.15, 0.2) is 30.5 Å².